The van der Waals surface area contributed by atoms with Gasteiger partial charge in [-0.25, -0.2) is 4.89 Å². The van der Waals surface area contributed by atoms with Gasteiger partial charge in [0.15, 0.2) is 23.0 Å². The number of carbonyl (C=O) groups is 2. The summed E-state index contributed by atoms with van der Waals surface area (Å²) in [6, 6.07) is 0. The van der Waals surface area contributed by atoms with Crippen molar-refractivity contribution in [3.05, 3.63) is 12.3 Å². The van der Waals surface area contributed by atoms with Crippen molar-refractivity contribution in [3.63, 3.8) is 0 Å². The fraction of sp³-hybridized carbons (Fsp3) is 0.636. The molecule has 0 aromatic carbocycles. The normalized spacial score (nSPS) is 26.4. The molecule has 0 saturated carbocycles. The number of imide groups is 1. The predicted octanol–water partition coefficient (Wildman–Crippen LogP) is -0.131. The third-order valence-electron chi connectivity index (χ3n) is 2.86. The molecule has 3 atom stereocenters. The van der Waals surface area contributed by atoms with E-state index in [2.05, 4.69) is 3.22 Å². The molecule has 2 N–H and O–H groups in total. The van der Waals surface area contributed by atoms with E-state index in [9.17, 15) is 14.7 Å². The molecule has 1 aliphatic heterocycles. The van der Waals surface area contributed by atoms with Gasteiger partial charge in [0.05, 0.1) is 6.10 Å². The highest BCUT2D eigenvalue weighted by atomic mass is 127. The number of rotatable bonds is 7. The second kappa shape index (κ2) is 9.23. The van der Waals surface area contributed by atoms with Crippen LogP contribution in [0.1, 0.15) is 12.8 Å². The standard InChI is InChI=1S/C11H17IN2O6/c1-14(5-4-10(17)13-7-15)11-3-2-8(16)9(19-11)6-18-20-12/h4-5,7-9,11,16H,2-3,6H2,1H3,(H,13,15,17)/b5-4-. The minimum atomic E-state index is -0.617. The minimum Gasteiger partial charge on any atom is -0.390 e. The quantitative estimate of drug-likeness (QED) is 0.202. The topological polar surface area (TPSA) is 97.3 Å². The van der Waals surface area contributed by atoms with E-state index >= 15 is 0 Å². The van der Waals surface area contributed by atoms with Crippen molar-refractivity contribution in [2.24, 2.45) is 0 Å². The number of aliphatic hydroxyl groups is 1. The first-order valence-corrected chi connectivity index (χ1v) is 6.84. The zero-order chi connectivity index (χ0) is 15.0. The number of hydrogen-bond donors (Lipinski definition) is 2. The molecule has 114 valence electrons. The van der Waals surface area contributed by atoms with Gasteiger partial charge in [-0.1, -0.05) is 0 Å². The van der Waals surface area contributed by atoms with Crippen molar-refractivity contribution in [3.8, 4) is 0 Å². The number of ether oxygens (including phenoxy) is 1. The smallest absolute Gasteiger partial charge is 0.251 e. The number of nitrogens with zero attached hydrogens (tertiary/aromatic N) is 1. The third kappa shape index (κ3) is 5.71. The van der Waals surface area contributed by atoms with Crippen LogP contribution in [0.4, 0.5) is 0 Å². The van der Waals surface area contributed by atoms with Crippen LogP contribution in [-0.4, -0.2) is 54.4 Å². The Hall–Kier alpha value is -0.750. The largest absolute Gasteiger partial charge is 0.390 e. The number of hydrogen-bond acceptors (Lipinski definition) is 7. The molecule has 3 unspecified atom stereocenters. The lowest BCUT2D eigenvalue weighted by molar-refractivity contribution is -0.236. The zero-order valence-corrected chi connectivity index (χ0v) is 13.1. The second-order valence-electron chi connectivity index (χ2n) is 4.23. The molecule has 0 aromatic heterocycles. The van der Waals surface area contributed by atoms with Crippen LogP contribution in [0.3, 0.4) is 0 Å². The van der Waals surface area contributed by atoms with E-state index in [0.717, 1.165) is 0 Å². The van der Waals surface area contributed by atoms with Crippen molar-refractivity contribution < 1.29 is 27.5 Å². The molecule has 9 heteroatoms. The lowest BCUT2D eigenvalue weighted by Gasteiger charge is -2.37. The van der Waals surface area contributed by atoms with Crippen molar-refractivity contribution in [2.75, 3.05) is 13.7 Å². The van der Waals surface area contributed by atoms with Crippen LogP contribution in [0.5, 0.6) is 0 Å². The molecule has 20 heavy (non-hydrogen) atoms. The maximum absolute atomic E-state index is 11.1. The van der Waals surface area contributed by atoms with Crippen LogP contribution in [0.25, 0.3) is 0 Å². The van der Waals surface area contributed by atoms with Crippen molar-refractivity contribution in [1.82, 2.24) is 10.2 Å². The van der Waals surface area contributed by atoms with Crippen LogP contribution in [0.2, 0.25) is 0 Å². The van der Waals surface area contributed by atoms with E-state index in [1.165, 1.54) is 12.3 Å². The molecule has 2 amide bonds. The van der Waals surface area contributed by atoms with Gasteiger partial charge >= 0.3 is 0 Å². The monoisotopic (exact) mass is 400 g/mol. The molecule has 0 aromatic rings. The van der Waals surface area contributed by atoms with Crippen molar-refractivity contribution in [1.29, 1.82) is 0 Å². The molecular formula is C11H17IN2O6. The molecule has 1 aliphatic rings. The molecule has 1 saturated heterocycles. The van der Waals surface area contributed by atoms with E-state index in [1.807, 2.05) is 5.32 Å². The second-order valence-corrected chi connectivity index (χ2v) is 4.59. The number of aliphatic hydroxyl groups excluding tert-OH is 1. The van der Waals surface area contributed by atoms with E-state index < -0.39 is 18.1 Å². The Bertz CT molecular complexity index is 354. The summed E-state index contributed by atoms with van der Waals surface area (Å²) in [6.07, 6.45) is 2.81. The summed E-state index contributed by atoms with van der Waals surface area (Å²) in [6.45, 7) is 0.115. The highest BCUT2D eigenvalue weighted by Crippen LogP contribution is 2.22. The molecule has 8 nitrogen and oxygen atoms in total. The van der Waals surface area contributed by atoms with Crippen molar-refractivity contribution in [2.45, 2.75) is 31.3 Å². The molecule has 0 spiro atoms. The van der Waals surface area contributed by atoms with Gasteiger partial charge in [0.1, 0.15) is 18.9 Å². The van der Waals surface area contributed by atoms with Gasteiger partial charge in [0.2, 0.25) is 6.41 Å². The molecule has 1 heterocycles. The Morgan fingerprint density at radius 2 is 2.35 bits per heavy atom. The van der Waals surface area contributed by atoms with Crippen molar-refractivity contribution >= 4 is 35.3 Å². The summed E-state index contributed by atoms with van der Waals surface area (Å²) in [7, 11) is 1.74. The van der Waals surface area contributed by atoms with Gasteiger partial charge in [-0.15, -0.1) is 0 Å². The number of carbonyl (C=O) groups excluding carboxylic acids is 2. The number of halogens is 1. The summed E-state index contributed by atoms with van der Waals surface area (Å²) < 4.78 is 10.1. The first kappa shape index (κ1) is 17.3. The van der Waals surface area contributed by atoms with Crippen LogP contribution in [0, 0.1) is 0 Å². The van der Waals surface area contributed by atoms with Gasteiger partial charge in [-0.3, -0.25) is 14.9 Å². The average molecular weight is 400 g/mol. The summed E-state index contributed by atoms with van der Waals surface area (Å²) in [5, 5.41) is 11.8. The van der Waals surface area contributed by atoms with Crippen LogP contribution in [-0.2, 0) is 22.4 Å². The highest BCUT2D eigenvalue weighted by molar-refractivity contribution is 14.1. The van der Waals surface area contributed by atoms with Crippen LogP contribution >= 0.6 is 23.0 Å². The molecule has 0 aliphatic carbocycles. The van der Waals surface area contributed by atoms with Gasteiger partial charge in [0.25, 0.3) is 5.91 Å². The maximum Gasteiger partial charge on any atom is 0.251 e. The van der Waals surface area contributed by atoms with E-state index in [-0.39, 0.29) is 12.8 Å². The Labute approximate surface area is 130 Å². The van der Waals surface area contributed by atoms with E-state index in [4.69, 9.17) is 9.62 Å². The highest BCUT2D eigenvalue weighted by Gasteiger charge is 2.31. The lowest BCUT2D eigenvalue weighted by atomic mass is 10.0. The molecular weight excluding hydrogens is 383 g/mol. The first-order valence-electron chi connectivity index (χ1n) is 5.96. The molecule has 0 radical (unpaired) electrons. The summed E-state index contributed by atoms with van der Waals surface area (Å²) in [4.78, 5) is 27.6. The Morgan fingerprint density at radius 3 is 3.00 bits per heavy atom. The van der Waals surface area contributed by atoms with E-state index in [1.54, 1.807) is 35.0 Å². The fourth-order valence-corrected chi connectivity index (χ4v) is 1.94. The van der Waals surface area contributed by atoms with Crippen LogP contribution < -0.4 is 5.32 Å². The van der Waals surface area contributed by atoms with Gasteiger partial charge < -0.3 is 14.7 Å². The Balaban J connectivity index is 2.49. The molecule has 1 rings (SSSR count). The minimum absolute atomic E-state index is 0.115. The lowest BCUT2D eigenvalue weighted by Crippen LogP contribution is -2.46. The van der Waals surface area contributed by atoms with Gasteiger partial charge in [0, 0.05) is 19.3 Å². The Morgan fingerprint density at radius 1 is 1.60 bits per heavy atom. The molecule has 0 bridgehead atoms. The summed E-state index contributed by atoms with van der Waals surface area (Å²) in [5.74, 6) is -0.513. The maximum atomic E-state index is 11.1. The average Bonchev–Trinajstić information content (AvgIpc) is 2.44. The zero-order valence-electron chi connectivity index (χ0n) is 10.9. The summed E-state index contributed by atoms with van der Waals surface area (Å²) >= 11 is 1.58. The van der Waals surface area contributed by atoms with Crippen LogP contribution in [0.15, 0.2) is 12.3 Å². The Kier molecular flexibility index (Phi) is 7.99. The van der Waals surface area contributed by atoms with Gasteiger partial charge in [-0.05, 0) is 12.8 Å². The fourth-order valence-electron chi connectivity index (χ4n) is 1.79. The number of nitrogens with one attached hydrogen (secondary N) is 1. The van der Waals surface area contributed by atoms with E-state index in [0.29, 0.717) is 19.3 Å². The predicted molar refractivity (Wildman–Crippen MR) is 76.1 cm³/mol. The molecule has 1 fully saturated rings. The first-order chi connectivity index (χ1) is 9.58. The number of amides is 2. The SMILES string of the molecule is CN(/C=C\C(=O)NC=O)C1CCC(O)C(COOI)O1. The van der Waals surface area contributed by atoms with Gasteiger partial charge in [-0.2, -0.15) is 3.22 Å². The summed E-state index contributed by atoms with van der Waals surface area (Å²) in [5.41, 5.74) is 0. The third-order valence-corrected chi connectivity index (χ3v) is 3.12.